The summed E-state index contributed by atoms with van der Waals surface area (Å²) in [4.78, 5) is 0. The molecule has 104 valence electrons. The predicted octanol–water partition coefficient (Wildman–Crippen LogP) is 4.30. The van der Waals surface area contributed by atoms with Crippen LogP contribution in [-0.4, -0.2) is 4.57 Å². The predicted molar refractivity (Wildman–Crippen MR) is 77.0 cm³/mol. The van der Waals surface area contributed by atoms with E-state index in [9.17, 15) is 8.78 Å². The van der Waals surface area contributed by atoms with Gasteiger partial charge in [0, 0.05) is 17.3 Å². The third-order valence-corrected chi connectivity index (χ3v) is 3.47. The van der Waals surface area contributed by atoms with Crippen molar-refractivity contribution in [3.05, 3.63) is 71.9 Å². The standard InChI is InChI=1S/C17H12F2N2/c18-17(19,15-4-2-1-3-5-15)12-21-9-8-14-7-6-13(11-20)10-16(14)21/h1-10H,12H2. The summed E-state index contributed by atoms with van der Waals surface area (Å²) in [5.41, 5.74) is 1.10. The van der Waals surface area contributed by atoms with E-state index in [2.05, 4.69) is 0 Å². The SMILES string of the molecule is N#Cc1ccc2ccn(CC(F)(F)c3ccccc3)c2c1. The molecule has 0 N–H and O–H groups in total. The molecule has 2 aromatic carbocycles. The summed E-state index contributed by atoms with van der Waals surface area (Å²) in [5, 5.41) is 9.77. The summed E-state index contributed by atoms with van der Waals surface area (Å²) in [7, 11) is 0. The van der Waals surface area contributed by atoms with E-state index in [0.717, 1.165) is 5.39 Å². The first-order valence-electron chi connectivity index (χ1n) is 6.52. The quantitative estimate of drug-likeness (QED) is 0.704. The van der Waals surface area contributed by atoms with Gasteiger partial charge in [0.25, 0.3) is 5.92 Å². The van der Waals surface area contributed by atoms with Crippen LogP contribution in [0.1, 0.15) is 11.1 Å². The molecule has 2 nitrogen and oxygen atoms in total. The van der Waals surface area contributed by atoms with Gasteiger partial charge in [0.15, 0.2) is 0 Å². The molecule has 4 heteroatoms. The van der Waals surface area contributed by atoms with Gasteiger partial charge in [-0.05, 0) is 23.6 Å². The van der Waals surface area contributed by atoms with Gasteiger partial charge in [0.2, 0.25) is 0 Å². The van der Waals surface area contributed by atoms with Crippen LogP contribution in [0.2, 0.25) is 0 Å². The summed E-state index contributed by atoms with van der Waals surface area (Å²) < 4.78 is 30.2. The van der Waals surface area contributed by atoms with Gasteiger partial charge in [0.1, 0.15) is 0 Å². The zero-order valence-electron chi connectivity index (χ0n) is 11.1. The van der Waals surface area contributed by atoms with Gasteiger partial charge in [-0.15, -0.1) is 0 Å². The van der Waals surface area contributed by atoms with Crippen LogP contribution in [-0.2, 0) is 12.5 Å². The number of rotatable bonds is 3. The second-order valence-corrected chi connectivity index (χ2v) is 4.90. The highest BCUT2D eigenvalue weighted by Gasteiger charge is 2.32. The smallest absolute Gasteiger partial charge is 0.290 e. The van der Waals surface area contributed by atoms with Gasteiger partial charge in [-0.2, -0.15) is 14.0 Å². The van der Waals surface area contributed by atoms with Crippen molar-refractivity contribution in [1.82, 2.24) is 4.57 Å². The van der Waals surface area contributed by atoms with Crippen LogP contribution >= 0.6 is 0 Å². The molecule has 0 aliphatic carbocycles. The molecule has 0 saturated carbocycles. The molecule has 0 radical (unpaired) electrons. The molecule has 0 bridgehead atoms. The Kier molecular flexibility index (Phi) is 3.19. The van der Waals surface area contributed by atoms with Gasteiger partial charge >= 0.3 is 0 Å². The number of fused-ring (bicyclic) bond motifs is 1. The van der Waals surface area contributed by atoms with Gasteiger partial charge < -0.3 is 4.57 Å². The maximum Gasteiger partial charge on any atom is 0.290 e. The van der Waals surface area contributed by atoms with Crippen LogP contribution in [0.5, 0.6) is 0 Å². The highest BCUT2D eigenvalue weighted by Crippen LogP contribution is 2.31. The number of aromatic nitrogens is 1. The Morgan fingerprint density at radius 1 is 1.05 bits per heavy atom. The monoisotopic (exact) mass is 282 g/mol. The maximum atomic E-state index is 14.3. The van der Waals surface area contributed by atoms with Gasteiger partial charge in [0.05, 0.1) is 18.2 Å². The van der Waals surface area contributed by atoms with E-state index in [1.165, 1.54) is 16.7 Å². The molecule has 0 fully saturated rings. The first kappa shape index (κ1) is 13.3. The Morgan fingerprint density at radius 2 is 1.81 bits per heavy atom. The summed E-state index contributed by atoms with van der Waals surface area (Å²) in [6, 6.07) is 16.7. The van der Waals surface area contributed by atoms with Crippen molar-refractivity contribution >= 4 is 10.9 Å². The maximum absolute atomic E-state index is 14.3. The molecule has 3 rings (SSSR count). The topological polar surface area (TPSA) is 28.7 Å². The molecule has 1 aromatic heterocycles. The van der Waals surface area contributed by atoms with E-state index in [0.29, 0.717) is 11.1 Å². The molecule has 0 spiro atoms. The average Bonchev–Trinajstić information content (AvgIpc) is 2.90. The van der Waals surface area contributed by atoms with Crippen LogP contribution in [0.15, 0.2) is 60.8 Å². The second kappa shape index (κ2) is 5.02. The summed E-state index contributed by atoms with van der Waals surface area (Å²) in [6.45, 7) is -0.449. The van der Waals surface area contributed by atoms with Crippen molar-refractivity contribution in [1.29, 1.82) is 5.26 Å². The van der Waals surface area contributed by atoms with E-state index >= 15 is 0 Å². The molecular weight excluding hydrogens is 270 g/mol. The first-order chi connectivity index (χ1) is 10.1. The number of hydrogen-bond donors (Lipinski definition) is 0. The molecule has 3 aromatic rings. The van der Waals surface area contributed by atoms with Crippen molar-refractivity contribution in [2.75, 3.05) is 0 Å². The van der Waals surface area contributed by atoms with Crippen molar-refractivity contribution in [3.8, 4) is 6.07 Å². The first-order valence-corrected chi connectivity index (χ1v) is 6.52. The lowest BCUT2D eigenvalue weighted by atomic mass is 10.1. The Hall–Kier alpha value is -2.67. The zero-order valence-corrected chi connectivity index (χ0v) is 11.1. The van der Waals surface area contributed by atoms with Crippen LogP contribution in [0, 0.1) is 11.3 Å². The number of hydrogen-bond acceptors (Lipinski definition) is 1. The lowest BCUT2D eigenvalue weighted by molar-refractivity contribution is -0.0211. The van der Waals surface area contributed by atoms with Crippen LogP contribution in [0.3, 0.4) is 0 Å². The minimum absolute atomic E-state index is 0.0108. The molecule has 0 amide bonds. The van der Waals surface area contributed by atoms with Gasteiger partial charge in [-0.25, -0.2) is 0 Å². The van der Waals surface area contributed by atoms with Crippen molar-refractivity contribution in [2.45, 2.75) is 12.5 Å². The highest BCUT2D eigenvalue weighted by atomic mass is 19.3. The van der Waals surface area contributed by atoms with E-state index in [1.54, 1.807) is 48.7 Å². The number of halogens is 2. The van der Waals surface area contributed by atoms with Crippen LogP contribution < -0.4 is 0 Å². The fourth-order valence-corrected chi connectivity index (χ4v) is 2.38. The molecule has 0 aliphatic rings. The average molecular weight is 282 g/mol. The minimum Gasteiger partial charge on any atom is -0.341 e. The second-order valence-electron chi connectivity index (χ2n) is 4.90. The van der Waals surface area contributed by atoms with E-state index in [4.69, 9.17) is 5.26 Å². The lowest BCUT2D eigenvalue weighted by Gasteiger charge is -2.18. The number of nitrogens with zero attached hydrogens (tertiary/aromatic N) is 2. The summed E-state index contributed by atoms with van der Waals surface area (Å²) in [6.07, 6.45) is 1.63. The largest absolute Gasteiger partial charge is 0.341 e. The number of alkyl halides is 2. The number of nitriles is 1. The Labute approximate surface area is 120 Å². The normalized spacial score (nSPS) is 11.5. The Balaban J connectivity index is 2.00. The molecule has 0 atom stereocenters. The van der Waals surface area contributed by atoms with Crippen LogP contribution in [0.25, 0.3) is 10.9 Å². The third kappa shape index (κ3) is 2.50. The molecular formula is C17H12F2N2. The van der Waals surface area contributed by atoms with Crippen molar-refractivity contribution in [2.24, 2.45) is 0 Å². The zero-order chi connectivity index (χ0) is 14.9. The Morgan fingerprint density at radius 3 is 2.52 bits per heavy atom. The Bertz CT molecular complexity index is 814. The van der Waals surface area contributed by atoms with Crippen molar-refractivity contribution < 1.29 is 8.78 Å². The molecule has 0 aliphatic heterocycles. The highest BCUT2D eigenvalue weighted by molar-refractivity contribution is 5.81. The molecule has 21 heavy (non-hydrogen) atoms. The van der Waals surface area contributed by atoms with Gasteiger partial charge in [-0.1, -0.05) is 36.4 Å². The number of benzene rings is 2. The fraction of sp³-hybridized carbons (Fsp3) is 0.118. The fourth-order valence-electron chi connectivity index (χ4n) is 2.38. The lowest BCUT2D eigenvalue weighted by Crippen LogP contribution is -2.20. The third-order valence-electron chi connectivity index (χ3n) is 3.47. The van der Waals surface area contributed by atoms with E-state index < -0.39 is 12.5 Å². The van der Waals surface area contributed by atoms with Gasteiger partial charge in [-0.3, -0.25) is 0 Å². The molecule has 1 heterocycles. The minimum atomic E-state index is -2.96. The summed E-state index contributed by atoms with van der Waals surface area (Å²) >= 11 is 0. The van der Waals surface area contributed by atoms with Crippen LogP contribution in [0.4, 0.5) is 8.78 Å². The molecule has 0 unspecified atom stereocenters. The van der Waals surface area contributed by atoms with Crippen molar-refractivity contribution in [3.63, 3.8) is 0 Å². The van der Waals surface area contributed by atoms with E-state index in [-0.39, 0.29) is 5.56 Å². The molecule has 0 saturated heterocycles. The van der Waals surface area contributed by atoms with E-state index in [1.807, 2.05) is 6.07 Å². The summed E-state index contributed by atoms with van der Waals surface area (Å²) in [5.74, 6) is -2.96.